The maximum Gasteiger partial charge on any atom is 0.312 e. The Kier molecular flexibility index (Phi) is 2.97. The predicted molar refractivity (Wildman–Crippen MR) is 75.4 cm³/mol. The van der Waals surface area contributed by atoms with Gasteiger partial charge in [-0.05, 0) is 69.6 Å². The van der Waals surface area contributed by atoms with Gasteiger partial charge in [0.1, 0.15) is 0 Å². The van der Waals surface area contributed by atoms with Crippen molar-refractivity contribution in [3.8, 4) is 0 Å². The van der Waals surface area contributed by atoms with Crippen LogP contribution in [0, 0.1) is 17.3 Å². The Bertz CT molecular complexity index is 469. The highest BCUT2D eigenvalue weighted by molar-refractivity contribution is 5.87. The molecule has 5 rings (SSSR count). The van der Waals surface area contributed by atoms with E-state index in [1.54, 1.807) is 0 Å². The monoisotopic (exact) mass is 292 g/mol. The normalized spacial score (nSPS) is 48.4. The van der Waals surface area contributed by atoms with Gasteiger partial charge in [0.15, 0.2) is 11.9 Å². The van der Waals surface area contributed by atoms with E-state index in [1.807, 2.05) is 0 Å². The lowest BCUT2D eigenvalue weighted by Gasteiger charge is -2.58. The number of Topliss-reactive ketones (excluding diaryl/α,β-unsaturated/α-hetero) is 1. The van der Waals surface area contributed by atoms with Crippen LogP contribution < -0.4 is 0 Å². The minimum Gasteiger partial charge on any atom is -0.454 e. The summed E-state index contributed by atoms with van der Waals surface area (Å²) in [5.41, 5.74) is -1.16. The van der Waals surface area contributed by atoms with E-state index in [9.17, 15) is 14.7 Å². The van der Waals surface area contributed by atoms with Crippen LogP contribution in [0.1, 0.15) is 64.2 Å². The molecule has 0 aromatic carbocycles. The van der Waals surface area contributed by atoms with Crippen molar-refractivity contribution in [3.05, 3.63) is 0 Å². The Morgan fingerprint density at radius 1 is 1.14 bits per heavy atom. The Labute approximate surface area is 125 Å². The van der Waals surface area contributed by atoms with Crippen LogP contribution in [0.15, 0.2) is 0 Å². The molecule has 5 fully saturated rings. The molecule has 1 N–H and O–H groups in total. The van der Waals surface area contributed by atoms with Crippen LogP contribution in [0.4, 0.5) is 0 Å². The molecule has 0 aromatic heterocycles. The van der Waals surface area contributed by atoms with E-state index in [0.29, 0.717) is 31.1 Å². The van der Waals surface area contributed by atoms with Crippen LogP contribution in [0.2, 0.25) is 0 Å². The van der Waals surface area contributed by atoms with Crippen LogP contribution in [0.3, 0.4) is 0 Å². The minimum atomic E-state index is -0.653. The van der Waals surface area contributed by atoms with E-state index in [0.717, 1.165) is 44.9 Å². The zero-order valence-corrected chi connectivity index (χ0v) is 12.5. The van der Waals surface area contributed by atoms with E-state index in [1.165, 1.54) is 0 Å². The molecule has 0 heterocycles. The molecule has 5 aliphatic carbocycles. The third-order valence-electron chi connectivity index (χ3n) is 6.21. The topological polar surface area (TPSA) is 63.6 Å². The van der Waals surface area contributed by atoms with Crippen molar-refractivity contribution in [2.45, 2.75) is 75.9 Å². The Morgan fingerprint density at radius 2 is 1.86 bits per heavy atom. The van der Waals surface area contributed by atoms with Gasteiger partial charge in [-0.2, -0.15) is 0 Å². The average Bonchev–Trinajstić information content (AvgIpc) is 2.38. The number of carbonyl (C=O) groups is 2. The highest BCUT2D eigenvalue weighted by Crippen LogP contribution is 2.62. The summed E-state index contributed by atoms with van der Waals surface area (Å²) in [6.45, 7) is 0. The maximum absolute atomic E-state index is 12.8. The Morgan fingerprint density at radius 3 is 2.48 bits per heavy atom. The van der Waals surface area contributed by atoms with Gasteiger partial charge in [0.25, 0.3) is 0 Å². The zero-order chi connectivity index (χ0) is 14.7. The molecule has 4 bridgehead atoms. The van der Waals surface area contributed by atoms with Crippen LogP contribution in [0.5, 0.6) is 0 Å². The zero-order valence-electron chi connectivity index (χ0n) is 12.5. The first kappa shape index (κ1) is 13.7. The second-order valence-corrected chi connectivity index (χ2v) is 8.07. The quantitative estimate of drug-likeness (QED) is 0.794. The summed E-state index contributed by atoms with van der Waals surface area (Å²) in [6.07, 6.45) is 7.69. The van der Waals surface area contributed by atoms with Crippen LogP contribution in [-0.2, 0) is 14.3 Å². The number of hydrogen-bond donors (Lipinski definition) is 1. The van der Waals surface area contributed by atoms with E-state index in [4.69, 9.17) is 4.74 Å². The molecule has 4 nitrogen and oxygen atoms in total. The van der Waals surface area contributed by atoms with Crippen molar-refractivity contribution in [2.75, 3.05) is 0 Å². The van der Waals surface area contributed by atoms with Gasteiger partial charge in [-0.3, -0.25) is 9.59 Å². The van der Waals surface area contributed by atoms with Gasteiger partial charge in [0, 0.05) is 6.42 Å². The summed E-state index contributed by atoms with van der Waals surface area (Å²) >= 11 is 0. The SMILES string of the molecule is O=C1CCCC[C@@H]1OC(=O)C12C[C@H]3C[C@@H](CC(O)(C3)C1)C2. The van der Waals surface area contributed by atoms with Gasteiger partial charge in [-0.15, -0.1) is 0 Å². The van der Waals surface area contributed by atoms with Crippen LogP contribution in [-0.4, -0.2) is 28.6 Å². The lowest BCUT2D eigenvalue weighted by molar-refractivity contribution is -0.201. The number of ketones is 1. The molecular formula is C17H24O4. The van der Waals surface area contributed by atoms with Crippen LogP contribution in [0.25, 0.3) is 0 Å². The fourth-order valence-corrected chi connectivity index (χ4v) is 5.78. The second-order valence-electron chi connectivity index (χ2n) is 8.07. The highest BCUT2D eigenvalue weighted by Gasteiger charge is 2.61. The van der Waals surface area contributed by atoms with Gasteiger partial charge >= 0.3 is 5.97 Å². The second kappa shape index (κ2) is 4.55. The van der Waals surface area contributed by atoms with Crippen molar-refractivity contribution >= 4 is 11.8 Å². The van der Waals surface area contributed by atoms with Gasteiger partial charge in [0.05, 0.1) is 11.0 Å². The summed E-state index contributed by atoms with van der Waals surface area (Å²) in [5, 5.41) is 10.7. The van der Waals surface area contributed by atoms with Crippen molar-refractivity contribution in [1.82, 2.24) is 0 Å². The Hall–Kier alpha value is -0.900. The molecule has 0 aliphatic heterocycles. The van der Waals surface area contributed by atoms with E-state index >= 15 is 0 Å². The largest absolute Gasteiger partial charge is 0.454 e. The number of aliphatic hydroxyl groups is 1. The van der Waals surface area contributed by atoms with Crippen molar-refractivity contribution in [2.24, 2.45) is 17.3 Å². The fraction of sp³-hybridized carbons (Fsp3) is 0.882. The number of esters is 1. The average molecular weight is 292 g/mol. The molecule has 3 atom stereocenters. The first-order chi connectivity index (χ1) is 9.98. The highest BCUT2D eigenvalue weighted by atomic mass is 16.5. The number of ether oxygens (including phenoxy) is 1. The molecule has 0 unspecified atom stereocenters. The summed E-state index contributed by atoms with van der Waals surface area (Å²) < 4.78 is 5.63. The molecular weight excluding hydrogens is 268 g/mol. The number of carbonyl (C=O) groups excluding carboxylic acids is 2. The van der Waals surface area contributed by atoms with Gasteiger partial charge in [0.2, 0.25) is 0 Å². The van der Waals surface area contributed by atoms with Crippen molar-refractivity contribution in [3.63, 3.8) is 0 Å². The first-order valence-electron chi connectivity index (χ1n) is 8.44. The van der Waals surface area contributed by atoms with Gasteiger partial charge in [-0.1, -0.05) is 0 Å². The molecule has 5 aliphatic rings. The van der Waals surface area contributed by atoms with Crippen molar-refractivity contribution in [1.29, 1.82) is 0 Å². The lowest BCUT2D eigenvalue weighted by Crippen LogP contribution is -2.59. The molecule has 0 aromatic rings. The molecule has 4 heteroatoms. The standard InChI is InChI=1S/C17H24O4/c18-13-3-1-2-4-14(13)21-15(19)16-6-11-5-12(7-16)9-17(20,8-11)10-16/h11-12,14,20H,1-10H2/t11-,12-,14+,16?,17?/m1/s1. The third kappa shape index (κ3) is 2.23. The molecule has 21 heavy (non-hydrogen) atoms. The predicted octanol–water partition coefficient (Wildman–Crippen LogP) is 2.37. The smallest absolute Gasteiger partial charge is 0.312 e. The third-order valence-corrected chi connectivity index (χ3v) is 6.21. The van der Waals surface area contributed by atoms with Gasteiger partial charge < -0.3 is 9.84 Å². The number of hydrogen-bond acceptors (Lipinski definition) is 4. The maximum atomic E-state index is 12.8. The van der Waals surface area contributed by atoms with E-state index in [-0.39, 0.29) is 11.8 Å². The van der Waals surface area contributed by atoms with E-state index in [2.05, 4.69) is 0 Å². The molecule has 0 spiro atoms. The van der Waals surface area contributed by atoms with Gasteiger partial charge in [-0.25, -0.2) is 0 Å². The minimum absolute atomic E-state index is 0.0815. The summed E-state index contributed by atoms with van der Waals surface area (Å²) in [7, 11) is 0. The van der Waals surface area contributed by atoms with E-state index < -0.39 is 17.1 Å². The molecule has 5 saturated carbocycles. The van der Waals surface area contributed by atoms with Crippen LogP contribution >= 0.6 is 0 Å². The van der Waals surface area contributed by atoms with Crippen molar-refractivity contribution < 1.29 is 19.4 Å². The fourth-order valence-electron chi connectivity index (χ4n) is 5.78. The summed E-state index contributed by atoms with van der Waals surface area (Å²) in [6, 6.07) is 0. The molecule has 116 valence electrons. The lowest BCUT2D eigenvalue weighted by atomic mass is 9.48. The molecule has 0 radical (unpaired) electrons. The number of rotatable bonds is 2. The summed E-state index contributed by atoms with van der Waals surface area (Å²) in [4.78, 5) is 24.7. The Balaban J connectivity index is 1.52. The molecule has 0 amide bonds. The first-order valence-corrected chi connectivity index (χ1v) is 8.44. The summed E-state index contributed by atoms with van der Waals surface area (Å²) in [5.74, 6) is 0.810. The molecule has 0 saturated heterocycles.